The summed E-state index contributed by atoms with van der Waals surface area (Å²) in [5.74, 6) is 0. The van der Waals surface area contributed by atoms with Crippen LogP contribution in [0.15, 0.2) is 12.3 Å². The van der Waals surface area contributed by atoms with E-state index in [1.807, 2.05) is 0 Å². The minimum Gasteiger partial charge on any atom is -0.396 e. The third-order valence-corrected chi connectivity index (χ3v) is 4.67. The average Bonchev–Trinajstić information content (AvgIpc) is 2.94. The van der Waals surface area contributed by atoms with Crippen LogP contribution in [-0.4, -0.2) is 21.5 Å². The van der Waals surface area contributed by atoms with Crippen LogP contribution in [0, 0.1) is 5.41 Å². The fraction of sp³-hybridized carbons (Fsp3) is 0.786. The van der Waals surface area contributed by atoms with E-state index in [0.29, 0.717) is 12.6 Å². The Morgan fingerprint density at radius 3 is 2.65 bits per heavy atom. The van der Waals surface area contributed by atoms with E-state index in [1.54, 1.807) is 0 Å². The number of nitrogens with zero attached hydrogens (tertiary/aromatic N) is 2. The number of aromatic nitrogens is 2. The summed E-state index contributed by atoms with van der Waals surface area (Å²) in [4.78, 5) is 0. The van der Waals surface area contributed by atoms with Gasteiger partial charge in [-0.25, -0.2) is 0 Å². The molecule has 0 saturated heterocycles. The lowest BCUT2D eigenvalue weighted by Crippen LogP contribution is -2.35. The van der Waals surface area contributed by atoms with Crippen LogP contribution in [0.5, 0.6) is 0 Å². The van der Waals surface area contributed by atoms with E-state index < -0.39 is 0 Å². The van der Waals surface area contributed by atoms with Gasteiger partial charge in [-0.05, 0) is 43.6 Å². The third-order valence-electron chi connectivity index (χ3n) is 4.67. The second-order valence-corrected chi connectivity index (χ2v) is 5.91. The summed E-state index contributed by atoms with van der Waals surface area (Å²) >= 11 is 0. The monoisotopic (exact) mass is 234 g/mol. The first-order chi connectivity index (χ1) is 8.31. The summed E-state index contributed by atoms with van der Waals surface area (Å²) in [7, 11) is 0. The molecule has 2 fully saturated rings. The van der Waals surface area contributed by atoms with Gasteiger partial charge in [0.15, 0.2) is 0 Å². The van der Waals surface area contributed by atoms with Crippen molar-refractivity contribution in [2.75, 3.05) is 6.61 Å². The van der Waals surface area contributed by atoms with Crippen molar-refractivity contribution in [1.29, 1.82) is 0 Å². The summed E-state index contributed by atoms with van der Waals surface area (Å²) in [6.45, 7) is 0.323. The Morgan fingerprint density at radius 2 is 2.06 bits per heavy atom. The topological polar surface area (TPSA) is 38.0 Å². The molecule has 0 atom stereocenters. The summed E-state index contributed by atoms with van der Waals surface area (Å²) in [5.41, 5.74) is 1.33. The lowest BCUT2D eigenvalue weighted by molar-refractivity contribution is 0.0439. The molecule has 3 heteroatoms. The first-order valence-corrected chi connectivity index (χ1v) is 6.96. The van der Waals surface area contributed by atoms with Crippen molar-refractivity contribution >= 4 is 0 Å². The molecule has 1 N–H and O–H groups in total. The Morgan fingerprint density at radius 1 is 1.29 bits per heavy atom. The van der Waals surface area contributed by atoms with Crippen molar-refractivity contribution in [3.05, 3.63) is 18.0 Å². The molecule has 0 spiro atoms. The summed E-state index contributed by atoms with van der Waals surface area (Å²) in [6, 6.07) is 2.78. The lowest BCUT2D eigenvalue weighted by Gasteiger charge is -2.39. The van der Waals surface area contributed by atoms with E-state index in [-0.39, 0.29) is 5.41 Å². The minimum absolute atomic E-state index is 0.162. The van der Waals surface area contributed by atoms with E-state index in [1.165, 1.54) is 50.6 Å². The van der Waals surface area contributed by atoms with Crippen molar-refractivity contribution in [3.63, 3.8) is 0 Å². The molecule has 0 radical (unpaired) electrons. The van der Waals surface area contributed by atoms with Gasteiger partial charge in [0.25, 0.3) is 0 Å². The Kier molecular flexibility index (Phi) is 2.95. The molecule has 0 amide bonds. The predicted molar refractivity (Wildman–Crippen MR) is 66.8 cm³/mol. The van der Waals surface area contributed by atoms with Crippen LogP contribution in [0.25, 0.3) is 0 Å². The maximum Gasteiger partial charge on any atom is 0.0631 e. The highest BCUT2D eigenvalue weighted by Gasteiger charge is 2.37. The summed E-state index contributed by atoms with van der Waals surface area (Å²) in [5, 5.41) is 14.2. The van der Waals surface area contributed by atoms with Gasteiger partial charge in [0, 0.05) is 12.8 Å². The van der Waals surface area contributed by atoms with E-state index >= 15 is 0 Å². The second kappa shape index (κ2) is 4.45. The second-order valence-electron chi connectivity index (χ2n) is 5.91. The molecular formula is C14H22N2O. The van der Waals surface area contributed by atoms with Crippen LogP contribution in [0.1, 0.15) is 56.7 Å². The van der Waals surface area contributed by atoms with Gasteiger partial charge in [0.05, 0.1) is 11.7 Å². The van der Waals surface area contributed by atoms with Crippen LogP contribution in [0.4, 0.5) is 0 Å². The fourth-order valence-corrected chi connectivity index (χ4v) is 3.30. The molecule has 0 bridgehead atoms. The molecular weight excluding hydrogens is 212 g/mol. The van der Waals surface area contributed by atoms with Gasteiger partial charge >= 0.3 is 0 Å². The van der Waals surface area contributed by atoms with Crippen LogP contribution in [-0.2, 0) is 6.42 Å². The molecule has 2 aliphatic carbocycles. The minimum atomic E-state index is 0.162. The summed E-state index contributed by atoms with van der Waals surface area (Å²) in [6.07, 6.45) is 12.0. The molecule has 0 aromatic carbocycles. The van der Waals surface area contributed by atoms with Crippen LogP contribution < -0.4 is 0 Å². The van der Waals surface area contributed by atoms with Gasteiger partial charge in [-0.2, -0.15) is 5.10 Å². The lowest BCUT2D eigenvalue weighted by atomic mass is 9.67. The standard InChI is InChI=1S/C14H22N2O/c17-11-14(7-3-8-14)10-12-6-9-16(15-12)13-4-1-2-5-13/h6,9,13,17H,1-5,7-8,10-11H2. The van der Waals surface area contributed by atoms with E-state index in [9.17, 15) is 5.11 Å². The van der Waals surface area contributed by atoms with E-state index in [4.69, 9.17) is 5.10 Å². The molecule has 1 aromatic rings. The first kappa shape index (κ1) is 11.3. The van der Waals surface area contributed by atoms with Gasteiger partial charge in [-0.3, -0.25) is 4.68 Å². The normalized spacial score (nSPS) is 23.8. The number of hydrogen-bond acceptors (Lipinski definition) is 2. The third kappa shape index (κ3) is 2.13. The largest absolute Gasteiger partial charge is 0.396 e. The van der Waals surface area contributed by atoms with Gasteiger partial charge in [-0.15, -0.1) is 0 Å². The highest BCUT2D eigenvalue weighted by Crippen LogP contribution is 2.43. The number of hydrogen-bond donors (Lipinski definition) is 1. The van der Waals surface area contributed by atoms with Crippen molar-refractivity contribution in [2.45, 2.75) is 57.4 Å². The Hall–Kier alpha value is -0.830. The van der Waals surface area contributed by atoms with Gasteiger partial charge in [0.2, 0.25) is 0 Å². The van der Waals surface area contributed by atoms with Crippen molar-refractivity contribution in [1.82, 2.24) is 9.78 Å². The zero-order valence-corrected chi connectivity index (χ0v) is 10.4. The fourth-order valence-electron chi connectivity index (χ4n) is 3.30. The average molecular weight is 234 g/mol. The van der Waals surface area contributed by atoms with Gasteiger partial charge in [-0.1, -0.05) is 19.3 Å². The van der Waals surface area contributed by atoms with E-state index in [0.717, 1.165) is 6.42 Å². The molecule has 3 nitrogen and oxygen atoms in total. The van der Waals surface area contributed by atoms with Gasteiger partial charge < -0.3 is 5.11 Å². The number of aliphatic hydroxyl groups is 1. The van der Waals surface area contributed by atoms with Crippen LogP contribution in [0.2, 0.25) is 0 Å². The smallest absolute Gasteiger partial charge is 0.0631 e. The van der Waals surface area contributed by atoms with Crippen LogP contribution in [0.3, 0.4) is 0 Å². The SMILES string of the molecule is OCC1(Cc2ccn(C3CCCC3)n2)CCC1. The van der Waals surface area contributed by atoms with Crippen molar-refractivity contribution in [2.24, 2.45) is 5.41 Å². The number of aliphatic hydroxyl groups excluding tert-OH is 1. The highest BCUT2D eigenvalue weighted by molar-refractivity contribution is 5.06. The zero-order valence-electron chi connectivity index (χ0n) is 10.4. The van der Waals surface area contributed by atoms with Gasteiger partial charge in [0.1, 0.15) is 0 Å². The van der Waals surface area contributed by atoms with E-state index in [2.05, 4.69) is 16.9 Å². The Balaban J connectivity index is 1.67. The zero-order chi connectivity index (χ0) is 11.7. The predicted octanol–water partition coefficient (Wildman–Crippen LogP) is 2.70. The van der Waals surface area contributed by atoms with Crippen molar-refractivity contribution < 1.29 is 5.11 Å². The molecule has 0 aliphatic heterocycles. The highest BCUT2D eigenvalue weighted by atomic mass is 16.3. The summed E-state index contributed by atoms with van der Waals surface area (Å²) < 4.78 is 2.16. The molecule has 2 saturated carbocycles. The molecule has 1 aromatic heterocycles. The maximum atomic E-state index is 9.48. The quantitative estimate of drug-likeness (QED) is 0.869. The molecule has 0 unspecified atom stereocenters. The number of rotatable bonds is 4. The Bertz CT molecular complexity index is 370. The Labute approximate surface area is 103 Å². The molecule has 94 valence electrons. The van der Waals surface area contributed by atoms with Crippen molar-refractivity contribution in [3.8, 4) is 0 Å². The van der Waals surface area contributed by atoms with Crippen LogP contribution >= 0.6 is 0 Å². The molecule has 3 rings (SSSR count). The molecule has 2 aliphatic rings. The first-order valence-electron chi connectivity index (χ1n) is 6.96. The maximum absolute atomic E-state index is 9.48. The molecule has 1 heterocycles. The molecule has 17 heavy (non-hydrogen) atoms.